The second kappa shape index (κ2) is 6.09. The van der Waals surface area contributed by atoms with Gasteiger partial charge in [0, 0.05) is 10.2 Å². The van der Waals surface area contributed by atoms with Gasteiger partial charge in [-0.25, -0.2) is 19.4 Å². The Morgan fingerprint density at radius 2 is 1.33 bits per heavy atom. The monoisotopic (exact) mass is 183 g/mol. The van der Waals surface area contributed by atoms with Gasteiger partial charge in [0.05, 0.1) is 5.67 Å². The smallest absolute Gasteiger partial charge is 0.211 e. The first kappa shape index (κ1) is 10.4. The Kier molecular flexibility index (Phi) is 5.26. The van der Waals surface area contributed by atoms with Gasteiger partial charge >= 0.3 is 0 Å². The highest BCUT2D eigenvalue weighted by atomic mass is 28.1. The van der Waals surface area contributed by atoms with Crippen molar-refractivity contribution in [3.63, 3.8) is 0 Å². The van der Waals surface area contributed by atoms with E-state index in [1.54, 1.807) is 0 Å². The summed E-state index contributed by atoms with van der Waals surface area (Å²) < 4.78 is 0. The molecule has 0 rings (SSSR count). The first-order chi connectivity index (χ1) is 5.76. The van der Waals surface area contributed by atoms with Crippen LogP contribution in [0.15, 0.2) is 15.0 Å². The molecule has 0 N–H and O–H groups in total. The molecular formula is C5H5N3O3Si. The van der Waals surface area contributed by atoms with E-state index in [2.05, 4.69) is 15.0 Å². The molecule has 6 nitrogen and oxygen atoms in total. The van der Waals surface area contributed by atoms with Crippen molar-refractivity contribution >= 4 is 28.5 Å². The summed E-state index contributed by atoms with van der Waals surface area (Å²) in [7, 11) is 0.436. The van der Waals surface area contributed by atoms with Crippen LogP contribution >= 0.6 is 0 Å². The van der Waals surface area contributed by atoms with Crippen LogP contribution in [0, 0.1) is 0 Å². The molecule has 0 heterocycles. The van der Waals surface area contributed by atoms with Gasteiger partial charge in [0.25, 0.3) is 0 Å². The molecule has 0 spiro atoms. The van der Waals surface area contributed by atoms with Crippen molar-refractivity contribution in [2.24, 2.45) is 15.0 Å². The first-order valence-corrected chi connectivity index (χ1v) is 4.12. The SMILES string of the molecule is O=C=NC([SiH3])C(N=C=O)N=C=O. The minimum absolute atomic E-state index is 0.436. The summed E-state index contributed by atoms with van der Waals surface area (Å²) in [5, 5.41) is 0. The molecule has 0 bridgehead atoms. The normalized spacial score (nSPS) is 13.0. The molecule has 0 saturated heterocycles. The molecule has 0 aromatic rings. The van der Waals surface area contributed by atoms with E-state index in [0.717, 1.165) is 0 Å². The maximum Gasteiger partial charge on any atom is 0.237 e. The van der Waals surface area contributed by atoms with Crippen LogP contribution in [0.4, 0.5) is 0 Å². The van der Waals surface area contributed by atoms with Crippen LogP contribution in [0.2, 0.25) is 0 Å². The summed E-state index contributed by atoms with van der Waals surface area (Å²) in [6.07, 6.45) is 2.78. The minimum Gasteiger partial charge on any atom is -0.211 e. The fourth-order valence-electron chi connectivity index (χ4n) is 0.502. The average molecular weight is 183 g/mol. The molecule has 7 heteroatoms. The Bertz CT molecular complexity index is 268. The largest absolute Gasteiger partial charge is 0.237 e. The number of nitrogens with zero attached hydrogens (tertiary/aromatic N) is 3. The van der Waals surface area contributed by atoms with Gasteiger partial charge in [-0.15, -0.1) is 0 Å². The van der Waals surface area contributed by atoms with E-state index >= 15 is 0 Å². The van der Waals surface area contributed by atoms with E-state index < -0.39 is 11.8 Å². The number of hydrogen-bond donors (Lipinski definition) is 0. The highest BCUT2D eigenvalue weighted by molar-refractivity contribution is 6.12. The molecule has 0 radical (unpaired) electrons. The van der Waals surface area contributed by atoms with Crippen molar-refractivity contribution in [2.75, 3.05) is 0 Å². The van der Waals surface area contributed by atoms with Crippen molar-refractivity contribution in [3.05, 3.63) is 0 Å². The van der Waals surface area contributed by atoms with E-state index in [0.29, 0.717) is 10.2 Å². The molecule has 0 aliphatic heterocycles. The van der Waals surface area contributed by atoms with E-state index in [9.17, 15) is 14.4 Å². The highest BCUT2D eigenvalue weighted by Crippen LogP contribution is 1.99. The van der Waals surface area contributed by atoms with Gasteiger partial charge in [-0.2, -0.15) is 9.98 Å². The molecule has 0 aromatic heterocycles. The zero-order valence-corrected chi connectivity index (χ0v) is 8.22. The Labute approximate surface area is 70.5 Å². The fraction of sp³-hybridized carbons (Fsp3) is 0.400. The number of hydrogen-bond acceptors (Lipinski definition) is 6. The number of carbonyl (C=O) groups excluding carboxylic acids is 3. The molecule has 0 amide bonds. The molecule has 0 aliphatic rings. The van der Waals surface area contributed by atoms with Crippen LogP contribution in [0.25, 0.3) is 0 Å². The van der Waals surface area contributed by atoms with Crippen molar-refractivity contribution in [1.82, 2.24) is 0 Å². The van der Waals surface area contributed by atoms with Gasteiger partial charge < -0.3 is 0 Å². The van der Waals surface area contributed by atoms with Crippen molar-refractivity contribution in [2.45, 2.75) is 11.8 Å². The Hall–Kier alpha value is -1.64. The lowest BCUT2D eigenvalue weighted by atomic mass is 10.5. The Balaban J connectivity index is 4.59. The summed E-state index contributed by atoms with van der Waals surface area (Å²) in [5.74, 6) is 0. The fourth-order valence-corrected chi connectivity index (χ4v) is 0.906. The molecule has 0 aromatic carbocycles. The average Bonchev–Trinajstić information content (AvgIpc) is 2.04. The van der Waals surface area contributed by atoms with Gasteiger partial charge in [-0.1, -0.05) is 0 Å². The van der Waals surface area contributed by atoms with Crippen LogP contribution in [0.5, 0.6) is 0 Å². The molecule has 12 heavy (non-hydrogen) atoms. The quantitative estimate of drug-likeness (QED) is 0.287. The number of rotatable bonds is 4. The molecule has 0 aliphatic carbocycles. The van der Waals surface area contributed by atoms with Gasteiger partial charge in [-0.05, 0) is 0 Å². The topological polar surface area (TPSA) is 88.3 Å². The third-order valence-electron chi connectivity index (χ3n) is 1.06. The van der Waals surface area contributed by atoms with Gasteiger partial charge in [0.2, 0.25) is 18.2 Å². The van der Waals surface area contributed by atoms with Crippen molar-refractivity contribution < 1.29 is 14.4 Å². The summed E-state index contributed by atoms with van der Waals surface area (Å²) in [6, 6.07) is 0. The van der Waals surface area contributed by atoms with Crippen LogP contribution in [0.3, 0.4) is 0 Å². The molecule has 0 saturated carbocycles. The zero-order valence-electron chi connectivity index (χ0n) is 6.22. The van der Waals surface area contributed by atoms with E-state index in [1.165, 1.54) is 18.2 Å². The first-order valence-electron chi connectivity index (χ1n) is 2.97. The molecule has 62 valence electrons. The van der Waals surface area contributed by atoms with E-state index in [-0.39, 0.29) is 0 Å². The van der Waals surface area contributed by atoms with Crippen molar-refractivity contribution in [1.29, 1.82) is 0 Å². The summed E-state index contributed by atoms with van der Waals surface area (Å²) in [6.45, 7) is 0. The van der Waals surface area contributed by atoms with Crippen LogP contribution in [-0.4, -0.2) is 40.3 Å². The third kappa shape index (κ3) is 3.51. The lowest BCUT2D eigenvalue weighted by molar-refractivity contribution is 0.540. The second-order valence-electron chi connectivity index (χ2n) is 1.82. The molecule has 1 atom stereocenters. The molecule has 1 unspecified atom stereocenters. The lowest BCUT2D eigenvalue weighted by Crippen LogP contribution is -2.20. The van der Waals surface area contributed by atoms with Gasteiger partial charge in [-0.3, -0.25) is 0 Å². The predicted octanol–water partition coefficient (Wildman–Crippen LogP) is -1.99. The third-order valence-corrected chi connectivity index (χ3v) is 1.91. The predicted molar refractivity (Wildman–Crippen MR) is 41.9 cm³/mol. The maximum atomic E-state index is 9.79. The number of aliphatic imine (C=N–C) groups is 3. The summed E-state index contributed by atoms with van der Waals surface area (Å²) in [4.78, 5) is 39.0. The van der Waals surface area contributed by atoms with Crippen LogP contribution < -0.4 is 0 Å². The second-order valence-corrected chi connectivity index (χ2v) is 3.00. The lowest BCUT2D eigenvalue weighted by Gasteiger charge is -2.04. The standard InChI is InChI=1S/C5H5N3O3Si/c9-1-6-4(7-2-10)5(12)8-3-11/h4-5H,12H3. The Morgan fingerprint density at radius 1 is 0.917 bits per heavy atom. The van der Waals surface area contributed by atoms with Gasteiger partial charge in [0.15, 0.2) is 6.17 Å². The minimum atomic E-state index is -0.965. The Morgan fingerprint density at radius 3 is 1.67 bits per heavy atom. The molecular weight excluding hydrogens is 178 g/mol. The van der Waals surface area contributed by atoms with Crippen LogP contribution in [0.1, 0.15) is 0 Å². The van der Waals surface area contributed by atoms with E-state index in [4.69, 9.17) is 0 Å². The highest BCUT2D eigenvalue weighted by Gasteiger charge is 2.13. The summed E-state index contributed by atoms with van der Waals surface area (Å²) >= 11 is 0. The van der Waals surface area contributed by atoms with E-state index in [1.807, 2.05) is 0 Å². The van der Waals surface area contributed by atoms with Crippen molar-refractivity contribution in [3.8, 4) is 0 Å². The summed E-state index contributed by atoms with van der Waals surface area (Å²) in [5.41, 5.74) is -0.564. The van der Waals surface area contributed by atoms with Crippen LogP contribution in [-0.2, 0) is 14.4 Å². The zero-order chi connectivity index (χ0) is 9.40. The number of isocyanates is 3. The maximum absolute atomic E-state index is 9.79. The van der Waals surface area contributed by atoms with Gasteiger partial charge in [0.1, 0.15) is 0 Å². The molecule has 0 fully saturated rings.